The van der Waals surface area contributed by atoms with E-state index >= 15 is 0 Å². The maximum absolute atomic E-state index is 12.9. The van der Waals surface area contributed by atoms with Gasteiger partial charge in [0.1, 0.15) is 17.2 Å². The summed E-state index contributed by atoms with van der Waals surface area (Å²) in [6.45, 7) is 7.21. The Bertz CT molecular complexity index is 805. The van der Waals surface area contributed by atoms with E-state index in [1.54, 1.807) is 0 Å². The van der Waals surface area contributed by atoms with E-state index in [0.717, 1.165) is 18.2 Å². The molecular formula is C18H26N6O2. The first-order valence-corrected chi connectivity index (χ1v) is 9.55. The molecule has 0 aromatic carbocycles. The fourth-order valence-electron chi connectivity index (χ4n) is 4.17. The van der Waals surface area contributed by atoms with E-state index in [-0.39, 0.29) is 12.1 Å². The summed E-state index contributed by atoms with van der Waals surface area (Å²) in [5.74, 6) is 3.21. The molecule has 0 saturated heterocycles. The standard InChI is InChI=1S/C18H26N6O2/c1-4-14-15(11(2)22-26-14)19-18(25)23-9-10-24-16(12(23)3)20-21-17(24)13-7-5-6-8-13/h12-13H,4-10H2,1-3H3,(H,19,25). The zero-order valence-corrected chi connectivity index (χ0v) is 15.7. The lowest BCUT2D eigenvalue weighted by atomic mass is 10.1. The molecule has 0 radical (unpaired) electrons. The summed E-state index contributed by atoms with van der Waals surface area (Å²) in [4.78, 5) is 14.7. The summed E-state index contributed by atoms with van der Waals surface area (Å²) in [6, 6.07) is -0.258. The Labute approximate surface area is 152 Å². The van der Waals surface area contributed by atoms with Crippen molar-refractivity contribution in [3.05, 3.63) is 23.1 Å². The van der Waals surface area contributed by atoms with E-state index in [1.165, 1.54) is 25.7 Å². The van der Waals surface area contributed by atoms with Crippen molar-refractivity contribution < 1.29 is 9.32 Å². The smallest absolute Gasteiger partial charge is 0.322 e. The third kappa shape index (κ3) is 2.77. The van der Waals surface area contributed by atoms with Gasteiger partial charge in [-0.2, -0.15) is 0 Å². The summed E-state index contributed by atoms with van der Waals surface area (Å²) in [5.41, 5.74) is 1.38. The predicted octanol–water partition coefficient (Wildman–Crippen LogP) is 3.40. The van der Waals surface area contributed by atoms with Crippen molar-refractivity contribution in [2.24, 2.45) is 0 Å². The highest BCUT2D eigenvalue weighted by Crippen LogP contribution is 2.35. The molecule has 1 aliphatic heterocycles. The van der Waals surface area contributed by atoms with Crippen LogP contribution in [0, 0.1) is 6.92 Å². The number of hydrogen-bond donors (Lipinski definition) is 1. The number of fused-ring (bicyclic) bond motifs is 1. The second-order valence-electron chi connectivity index (χ2n) is 7.27. The van der Waals surface area contributed by atoms with Crippen LogP contribution in [0.15, 0.2) is 4.52 Å². The van der Waals surface area contributed by atoms with Crippen LogP contribution in [0.3, 0.4) is 0 Å². The lowest BCUT2D eigenvalue weighted by Gasteiger charge is -2.34. The summed E-state index contributed by atoms with van der Waals surface area (Å²) in [6.07, 6.45) is 5.63. The van der Waals surface area contributed by atoms with Crippen molar-refractivity contribution in [1.82, 2.24) is 24.8 Å². The number of urea groups is 1. The molecule has 2 aromatic rings. The Balaban J connectivity index is 1.53. The number of amides is 2. The molecular weight excluding hydrogens is 332 g/mol. The average molecular weight is 358 g/mol. The monoisotopic (exact) mass is 358 g/mol. The molecule has 8 heteroatoms. The first kappa shape index (κ1) is 17.1. The van der Waals surface area contributed by atoms with Gasteiger partial charge in [0.15, 0.2) is 11.6 Å². The zero-order chi connectivity index (χ0) is 18.3. The van der Waals surface area contributed by atoms with Crippen LogP contribution >= 0.6 is 0 Å². The van der Waals surface area contributed by atoms with E-state index in [4.69, 9.17) is 4.52 Å². The summed E-state index contributed by atoms with van der Waals surface area (Å²) in [5, 5.41) is 15.8. The van der Waals surface area contributed by atoms with Gasteiger partial charge in [-0.05, 0) is 26.7 Å². The van der Waals surface area contributed by atoms with Crippen molar-refractivity contribution in [3.8, 4) is 0 Å². The normalized spacial score (nSPS) is 20.4. The molecule has 3 heterocycles. The van der Waals surface area contributed by atoms with Crippen molar-refractivity contribution in [3.63, 3.8) is 0 Å². The van der Waals surface area contributed by atoms with Crippen LogP contribution in [0.2, 0.25) is 0 Å². The minimum atomic E-state index is -0.143. The summed E-state index contributed by atoms with van der Waals surface area (Å²) >= 11 is 0. The molecule has 1 saturated carbocycles. The number of nitrogens with zero attached hydrogens (tertiary/aromatic N) is 5. The number of nitrogens with one attached hydrogen (secondary N) is 1. The molecule has 140 valence electrons. The van der Waals surface area contributed by atoms with Gasteiger partial charge >= 0.3 is 6.03 Å². The Hall–Kier alpha value is -2.38. The number of hydrogen-bond acceptors (Lipinski definition) is 5. The van der Waals surface area contributed by atoms with E-state index in [2.05, 4.69) is 25.2 Å². The van der Waals surface area contributed by atoms with Crippen LogP contribution in [-0.2, 0) is 13.0 Å². The molecule has 2 aliphatic rings. The van der Waals surface area contributed by atoms with Crippen LogP contribution in [0.5, 0.6) is 0 Å². The van der Waals surface area contributed by atoms with Gasteiger partial charge in [-0.1, -0.05) is 24.9 Å². The molecule has 4 rings (SSSR count). The highest BCUT2D eigenvalue weighted by molar-refractivity contribution is 5.90. The van der Waals surface area contributed by atoms with E-state index in [1.807, 2.05) is 25.7 Å². The van der Waals surface area contributed by atoms with Crippen molar-refractivity contribution >= 4 is 11.7 Å². The third-order valence-electron chi connectivity index (χ3n) is 5.68. The van der Waals surface area contributed by atoms with Gasteiger partial charge in [-0.3, -0.25) is 0 Å². The zero-order valence-electron chi connectivity index (χ0n) is 15.7. The molecule has 0 bridgehead atoms. The topological polar surface area (TPSA) is 89.1 Å². The lowest BCUT2D eigenvalue weighted by Crippen LogP contribution is -2.43. The molecule has 8 nitrogen and oxygen atoms in total. The quantitative estimate of drug-likeness (QED) is 0.908. The third-order valence-corrected chi connectivity index (χ3v) is 5.68. The van der Waals surface area contributed by atoms with Gasteiger partial charge in [0.2, 0.25) is 0 Å². The molecule has 0 spiro atoms. The van der Waals surface area contributed by atoms with Gasteiger partial charge in [0.05, 0.1) is 6.04 Å². The van der Waals surface area contributed by atoms with Crippen LogP contribution < -0.4 is 5.32 Å². The molecule has 1 N–H and O–H groups in total. The Morgan fingerprint density at radius 1 is 1.23 bits per heavy atom. The van der Waals surface area contributed by atoms with Crippen molar-refractivity contribution in [1.29, 1.82) is 0 Å². The highest BCUT2D eigenvalue weighted by atomic mass is 16.5. The molecule has 1 fully saturated rings. The Morgan fingerprint density at radius 2 is 1.96 bits per heavy atom. The van der Waals surface area contributed by atoms with Gasteiger partial charge in [-0.15, -0.1) is 10.2 Å². The number of carbonyl (C=O) groups excluding carboxylic acids is 1. The minimum Gasteiger partial charge on any atom is -0.359 e. The van der Waals surface area contributed by atoms with Crippen LogP contribution in [0.4, 0.5) is 10.5 Å². The number of carbonyl (C=O) groups is 1. The minimum absolute atomic E-state index is 0.114. The van der Waals surface area contributed by atoms with Crippen LogP contribution in [-0.4, -0.2) is 37.4 Å². The summed E-state index contributed by atoms with van der Waals surface area (Å²) < 4.78 is 7.50. The Kier molecular flexibility index (Phi) is 4.42. The predicted molar refractivity (Wildman–Crippen MR) is 96.0 cm³/mol. The second kappa shape index (κ2) is 6.74. The maximum atomic E-state index is 12.9. The molecule has 1 atom stereocenters. The number of rotatable bonds is 3. The summed E-state index contributed by atoms with van der Waals surface area (Å²) in [7, 11) is 0. The van der Waals surface area contributed by atoms with Gasteiger partial charge in [0, 0.05) is 25.4 Å². The largest absolute Gasteiger partial charge is 0.359 e. The van der Waals surface area contributed by atoms with Crippen molar-refractivity contribution in [2.45, 2.75) is 71.4 Å². The average Bonchev–Trinajstić information content (AvgIpc) is 3.35. The first-order valence-electron chi connectivity index (χ1n) is 9.55. The molecule has 26 heavy (non-hydrogen) atoms. The second-order valence-corrected chi connectivity index (χ2v) is 7.27. The first-order chi connectivity index (χ1) is 12.6. The number of aromatic nitrogens is 4. The molecule has 1 aliphatic carbocycles. The van der Waals surface area contributed by atoms with Gasteiger partial charge in [-0.25, -0.2) is 4.79 Å². The molecule has 2 amide bonds. The fourth-order valence-corrected chi connectivity index (χ4v) is 4.17. The van der Waals surface area contributed by atoms with E-state index < -0.39 is 0 Å². The number of anilines is 1. The molecule has 1 unspecified atom stereocenters. The van der Waals surface area contributed by atoms with Gasteiger partial charge < -0.3 is 19.3 Å². The van der Waals surface area contributed by atoms with Crippen LogP contribution in [0.1, 0.15) is 74.6 Å². The molecule has 2 aromatic heterocycles. The van der Waals surface area contributed by atoms with Crippen molar-refractivity contribution in [2.75, 3.05) is 11.9 Å². The lowest BCUT2D eigenvalue weighted by molar-refractivity contribution is 0.171. The van der Waals surface area contributed by atoms with Gasteiger partial charge in [0.25, 0.3) is 0 Å². The van der Waals surface area contributed by atoms with E-state index in [0.29, 0.717) is 36.0 Å². The fraction of sp³-hybridized carbons (Fsp3) is 0.667. The Morgan fingerprint density at radius 3 is 2.69 bits per heavy atom. The maximum Gasteiger partial charge on any atom is 0.322 e. The van der Waals surface area contributed by atoms with Crippen LogP contribution in [0.25, 0.3) is 0 Å². The highest BCUT2D eigenvalue weighted by Gasteiger charge is 2.34. The number of aryl methyl sites for hydroxylation is 2. The SMILES string of the molecule is CCc1onc(C)c1NC(=O)N1CCn2c(C3CCCC3)nnc2C1C. The van der Waals surface area contributed by atoms with E-state index in [9.17, 15) is 4.79 Å².